The first-order valence-corrected chi connectivity index (χ1v) is 24.9. The molecule has 0 radical (unpaired) electrons. The van der Waals surface area contributed by atoms with Crippen molar-refractivity contribution in [1.82, 2.24) is 0 Å². The largest absolute Gasteiger partial charge is 0.180 e. The Morgan fingerprint density at radius 1 is 0.429 bits per heavy atom. The molecular weight excluding hydrogens is 773 g/mol. The minimum Gasteiger partial charge on any atom is -0.0623 e. The van der Waals surface area contributed by atoms with Gasteiger partial charge in [-0.05, 0) is 129 Å². The van der Waals surface area contributed by atoms with Crippen LogP contribution in [0.3, 0.4) is 0 Å². The van der Waals surface area contributed by atoms with Gasteiger partial charge in [0.2, 0.25) is 0 Å². The van der Waals surface area contributed by atoms with E-state index in [2.05, 4.69) is 240 Å². The average Bonchev–Trinajstić information content (AvgIpc) is 3.63. The second-order valence-corrected chi connectivity index (χ2v) is 23.1. The molecule has 1 heteroatoms. The molecule has 0 nitrogen and oxygen atoms in total. The Hall–Kier alpha value is -6.54. The Kier molecular flexibility index (Phi) is 9.59. The molecule has 1 aliphatic heterocycles. The quantitative estimate of drug-likeness (QED) is 0.134. The van der Waals surface area contributed by atoms with Crippen molar-refractivity contribution >= 4 is 39.6 Å². The van der Waals surface area contributed by atoms with Crippen LogP contribution < -0.4 is 20.7 Å². The van der Waals surface area contributed by atoms with Gasteiger partial charge in [0.1, 0.15) is 0 Å². The molecule has 1 atom stereocenters. The van der Waals surface area contributed by atoms with Crippen molar-refractivity contribution in [3.05, 3.63) is 240 Å². The van der Waals surface area contributed by atoms with Crippen LogP contribution in [-0.2, 0) is 17.3 Å². The van der Waals surface area contributed by atoms with Gasteiger partial charge in [0.15, 0.2) is 8.07 Å². The zero-order valence-electron chi connectivity index (χ0n) is 36.9. The molecule has 306 valence electrons. The topological polar surface area (TPSA) is 0 Å². The Balaban J connectivity index is 1.14. The smallest absolute Gasteiger partial charge is 0.0623 e. The fourth-order valence-corrected chi connectivity index (χ4v) is 16.8. The SMILES string of the molecule is CC1(C)CCC(C)(C)c2c(-c3ccccc3CC(c3ccc4c(c3)-c3ccccc3[Si]4(c3ccccc3)c3ccccc3)c3ccccc3-c3ccc4ccccc4c3)cccc21. The maximum absolute atomic E-state index is 2.62. The molecule has 9 aromatic carbocycles. The second-order valence-electron chi connectivity index (χ2n) is 19.4. The zero-order chi connectivity index (χ0) is 42.8. The molecule has 63 heavy (non-hydrogen) atoms. The van der Waals surface area contributed by atoms with E-state index in [0.29, 0.717) is 0 Å². The van der Waals surface area contributed by atoms with Crippen LogP contribution in [0.25, 0.3) is 44.2 Å². The number of benzene rings is 9. The summed E-state index contributed by atoms with van der Waals surface area (Å²) in [7, 11) is -2.62. The first-order chi connectivity index (χ1) is 30.7. The lowest BCUT2D eigenvalue weighted by Crippen LogP contribution is -2.72. The van der Waals surface area contributed by atoms with E-state index in [1.807, 2.05) is 0 Å². The maximum atomic E-state index is 2.59. The third-order valence-corrected chi connectivity index (χ3v) is 19.7. The lowest BCUT2D eigenvalue weighted by molar-refractivity contribution is 0.333. The molecule has 0 bridgehead atoms. The lowest BCUT2D eigenvalue weighted by atomic mass is 9.61. The molecule has 1 unspecified atom stereocenters. The molecule has 2 aliphatic rings. The summed E-state index contributed by atoms with van der Waals surface area (Å²) in [5.41, 5.74) is 15.4. The van der Waals surface area contributed by atoms with E-state index >= 15 is 0 Å². The Bertz CT molecular complexity index is 3110. The van der Waals surface area contributed by atoms with E-state index in [1.165, 1.54) is 106 Å². The average molecular weight is 827 g/mol. The van der Waals surface area contributed by atoms with Crippen molar-refractivity contribution in [2.75, 3.05) is 0 Å². The van der Waals surface area contributed by atoms with Crippen molar-refractivity contribution in [2.45, 2.75) is 63.7 Å². The fourth-order valence-electron chi connectivity index (χ4n) is 11.6. The van der Waals surface area contributed by atoms with Crippen LogP contribution in [0, 0.1) is 0 Å². The molecule has 9 aromatic rings. The summed E-state index contributed by atoms with van der Waals surface area (Å²) >= 11 is 0. The van der Waals surface area contributed by atoms with Gasteiger partial charge in [-0.15, -0.1) is 0 Å². The van der Waals surface area contributed by atoms with E-state index in [4.69, 9.17) is 0 Å². The minimum atomic E-state index is -2.62. The fraction of sp³-hybridized carbons (Fsp3) is 0.161. The van der Waals surface area contributed by atoms with Crippen LogP contribution in [0.1, 0.15) is 74.3 Å². The summed E-state index contributed by atoms with van der Waals surface area (Å²) in [5, 5.41) is 8.35. The summed E-state index contributed by atoms with van der Waals surface area (Å²) in [6.07, 6.45) is 3.25. The molecule has 0 fully saturated rings. The monoisotopic (exact) mass is 826 g/mol. The number of hydrogen-bond acceptors (Lipinski definition) is 0. The van der Waals surface area contributed by atoms with E-state index in [1.54, 1.807) is 0 Å². The highest BCUT2D eigenvalue weighted by molar-refractivity contribution is 7.22. The second kappa shape index (κ2) is 15.4. The van der Waals surface area contributed by atoms with Gasteiger partial charge in [0, 0.05) is 5.92 Å². The van der Waals surface area contributed by atoms with Gasteiger partial charge in [-0.1, -0.05) is 234 Å². The van der Waals surface area contributed by atoms with Crippen LogP contribution >= 0.6 is 0 Å². The van der Waals surface area contributed by atoms with E-state index < -0.39 is 8.07 Å². The highest BCUT2D eigenvalue weighted by Gasteiger charge is 2.48. The molecule has 0 saturated heterocycles. The Morgan fingerprint density at radius 2 is 1.02 bits per heavy atom. The summed E-state index contributed by atoms with van der Waals surface area (Å²) in [6, 6.07) is 81.1. The molecule has 0 N–H and O–H groups in total. The van der Waals surface area contributed by atoms with Gasteiger partial charge >= 0.3 is 0 Å². The summed E-state index contributed by atoms with van der Waals surface area (Å²) in [4.78, 5) is 0. The lowest BCUT2D eigenvalue weighted by Gasteiger charge is -2.43. The summed E-state index contributed by atoms with van der Waals surface area (Å²) < 4.78 is 0. The van der Waals surface area contributed by atoms with E-state index in [-0.39, 0.29) is 16.7 Å². The highest BCUT2D eigenvalue weighted by atomic mass is 28.3. The predicted octanol–water partition coefficient (Wildman–Crippen LogP) is 13.3. The molecule has 0 saturated carbocycles. The number of fused-ring (bicyclic) bond motifs is 5. The van der Waals surface area contributed by atoms with Crippen LogP contribution in [0.15, 0.2) is 212 Å². The molecular formula is C62H54Si. The van der Waals surface area contributed by atoms with Gasteiger partial charge in [-0.3, -0.25) is 0 Å². The maximum Gasteiger partial charge on any atom is 0.180 e. The van der Waals surface area contributed by atoms with Crippen molar-refractivity contribution < 1.29 is 0 Å². The molecule has 11 rings (SSSR count). The zero-order valence-corrected chi connectivity index (χ0v) is 37.9. The van der Waals surface area contributed by atoms with Gasteiger partial charge in [0.05, 0.1) is 0 Å². The van der Waals surface area contributed by atoms with Gasteiger partial charge in [-0.2, -0.15) is 0 Å². The first-order valence-electron chi connectivity index (χ1n) is 22.9. The van der Waals surface area contributed by atoms with Gasteiger partial charge < -0.3 is 0 Å². The molecule has 0 amide bonds. The summed E-state index contributed by atoms with van der Waals surface area (Å²) in [6.45, 7) is 9.81. The molecule has 1 heterocycles. The summed E-state index contributed by atoms with van der Waals surface area (Å²) in [5.74, 6) is 0.0837. The highest BCUT2D eigenvalue weighted by Crippen LogP contribution is 2.50. The number of rotatable bonds is 8. The van der Waals surface area contributed by atoms with Crippen LogP contribution in [-0.4, -0.2) is 8.07 Å². The van der Waals surface area contributed by atoms with Gasteiger partial charge in [-0.25, -0.2) is 0 Å². The molecule has 1 aliphatic carbocycles. The van der Waals surface area contributed by atoms with Crippen molar-refractivity contribution in [1.29, 1.82) is 0 Å². The van der Waals surface area contributed by atoms with Crippen molar-refractivity contribution in [3.8, 4) is 33.4 Å². The third kappa shape index (κ3) is 6.47. The van der Waals surface area contributed by atoms with Crippen LogP contribution in [0.4, 0.5) is 0 Å². The third-order valence-electron chi connectivity index (χ3n) is 14.9. The minimum absolute atomic E-state index is 0.0813. The van der Waals surface area contributed by atoms with Crippen LogP contribution in [0.2, 0.25) is 0 Å². The Labute approximate surface area is 375 Å². The van der Waals surface area contributed by atoms with Crippen molar-refractivity contribution in [3.63, 3.8) is 0 Å². The standard InChI is InChI=1S/C62H54Si/c1-61(2)38-39-62(3,4)60-54(31-19-32-57(60)61)51-28-14-13-22-45(51)41-55(52-29-16-15-27-50(52)46-35-34-43-20-11-12-21-44(43)40-46)47-36-37-59-56(42-47)53-30-17-18-33-58(53)63(59,48-23-7-5-8-24-48)49-25-9-6-10-26-49/h5-37,40,42,55H,38-39,41H2,1-4H3. The molecule has 0 aromatic heterocycles. The van der Waals surface area contributed by atoms with Gasteiger partial charge in [0.25, 0.3) is 0 Å². The normalized spacial score (nSPS) is 15.9. The van der Waals surface area contributed by atoms with E-state index in [9.17, 15) is 0 Å². The number of hydrogen-bond donors (Lipinski definition) is 0. The predicted molar refractivity (Wildman–Crippen MR) is 271 cm³/mol. The Morgan fingerprint density at radius 3 is 1.78 bits per heavy atom. The molecule has 0 spiro atoms. The first kappa shape index (κ1) is 39.3. The van der Waals surface area contributed by atoms with E-state index in [0.717, 1.165) is 6.42 Å². The van der Waals surface area contributed by atoms with Crippen LogP contribution in [0.5, 0.6) is 0 Å². The van der Waals surface area contributed by atoms with Crippen molar-refractivity contribution in [2.24, 2.45) is 0 Å².